The number of carbonyl (C=O) groups is 1. The summed E-state index contributed by atoms with van der Waals surface area (Å²) in [6.07, 6.45) is 8.17. The zero-order chi connectivity index (χ0) is 40.5. The van der Waals surface area contributed by atoms with Crippen molar-refractivity contribution in [2.24, 2.45) is 10.2 Å². The van der Waals surface area contributed by atoms with E-state index in [0.717, 1.165) is 24.3 Å². The lowest BCUT2D eigenvalue weighted by molar-refractivity contribution is -0.115. The Morgan fingerprint density at radius 1 is 0.982 bits per heavy atom. The molecule has 292 valence electrons. The summed E-state index contributed by atoms with van der Waals surface area (Å²) in [7, 11) is -15.4. The second-order valence-corrected chi connectivity index (χ2v) is 17.6. The second kappa shape index (κ2) is 16.5. The van der Waals surface area contributed by atoms with E-state index < -0.39 is 72.9 Å². The molecule has 1 aliphatic rings. The first kappa shape index (κ1) is 42.0. The maximum atomic E-state index is 12.6. The summed E-state index contributed by atoms with van der Waals surface area (Å²) < 4.78 is 104. The topological polar surface area (TPSA) is 291 Å². The third kappa shape index (κ3) is 9.82. The molecule has 6 N–H and O–H groups in total. The fraction of sp³-hybridized carbons (Fsp3) is 0.200. The van der Waals surface area contributed by atoms with Crippen molar-refractivity contribution in [3.05, 3.63) is 66.0 Å². The lowest BCUT2D eigenvalue weighted by Crippen LogP contribution is -2.35. The number of alkyl halides is 2. The number of hydrogen-bond donors (Lipinski definition) is 6. The summed E-state index contributed by atoms with van der Waals surface area (Å²) in [5, 5.41) is 23.3. The summed E-state index contributed by atoms with van der Waals surface area (Å²) >= 11 is 12.5. The number of rotatable bonds is 13. The number of anilines is 4. The molecule has 0 fully saturated rings. The van der Waals surface area contributed by atoms with Gasteiger partial charge in [-0.05, 0) is 66.7 Å². The molecule has 1 aromatic heterocycles. The molecule has 0 saturated carbocycles. The van der Waals surface area contributed by atoms with Crippen LogP contribution in [0.3, 0.4) is 0 Å². The van der Waals surface area contributed by atoms with Crippen LogP contribution >= 0.6 is 43.5 Å². The van der Waals surface area contributed by atoms with Crippen molar-refractivity contribution in [3.8, 4) is 5.75 Å². The molecule has 0 saturated heterocycles. The van der Waals surface area contributed by atoms with Crippen LogP contribution in [0.5, 0.6) is 5.75 Å². The lowest BCUT2D eigenvalue weighted by Gasteiger charge is -2.29. The van der Waals surface area contributed by atoms with E-state index >= 15 is 0 Å². The van der Waals surface area contributed by atoms with Crippen LogP contribution in [0, 0.1) is 0 Å². The van der Waals surface area contributed by atoms with Gasteiger partial charge in [0.2, 0.25) is 23.1 Å². The van der Waals surface area contributed by atoms with Gasteiger partial charge in [0.1, 0.15) is 26.0 Å². The monoisotopic (exact) mass is 964 g/mol. The molecule has 3 aromatic carbocycles. The van der Waals surface area contributed by atoms with E-state index in [1.54, 1.807) is 4.90 Å². The minimum absolute atomic E-state index is 0.0878. The van der Waals surface area contributed by atoms with Crippen LogP contribution in [-0.4, -0.2) is 87.6 Å². The molecule has 19 nitrogen and oxygen atoms in total. The van der Waals surface area contributed by atoms with E-state index in [4.69, 9.17) is 11.6 Å². The van der Waals surface area contributed by atoms with Gasteiger partial charge in [0.05, 0.1) is 16.6 Å². The van der Waals surface area contributed by atoms with Gasteiger partial charge in [0.25, 0.3) is 30.4 Å². The van der Waals surface area contributed by atoms with Gasteiger partial charge in [-0.2, -0.15) is 40.2 Å². The maximum Gasteiger partial charge on any atom is 0.296 e. The van der Waals surface area contributed by atoms with Gasteiger partial charge < -0.3 is 20.6 Å². The third-order valence-corrected chi connectivity index (χ3v) is 12.7. The highest BCUT2D eigenvalue weighted by molar-refractivity contribution is 9.12. The number of phenolic OH excluding ortho intramolecular Hbond substituents is 1. The molecule has 2 atom stereocenters. The number of carbonyl (C=O) groups excluding carboxylic acids is 1. The maximum absolute atomic E-state index is 12.6. The molecule has 0 aliphatic heterocycles. The van der Waals surface area contributed by atoms with Crippen LogP contribution in [-0.2, 0) is 35.1 Å². The number of amides is 1. The van der Waals surface area contributed by atoms with Crippen LogP contribution in [0.4, 0.5) is 34.6 Å². The van der Waals surface area contributed by atoms with E-state index in [-0.39, 0.29) is 50.7 Å². The van der Waals surface area contributed by atoms with Gasteiger partial charge in [0, 0.05) is 22.9 Å². The fourth-order valence-electron chi connectivity index (χ4n) is 5.24. The summed E-state index contributed by atoms with van der Waals surface area (Å²) in [6, 6.07) is 5.20. The number of nitrogens with one attached hydrogen (secondary N) is 2. The Hall–Kier alpha value is -4.14. The number of allylic oxidation sites excluding steroid dienone is 2. The minimum atomic E-state index is -5.31. The van der Waals surface area contributed by atoms with Crippen molar-refractivity contribution in [2.75, 3.05) is 27.4 Å². The molecule has 5 rings (SSSR count). The number of nitrogens with zero attached hydrogens (tertiary/aromatic N) is 6. The van der Waals surface area contributed by atoms with Crippen LogP contribution < -0.4 is 15.5 Å². The van der Waals surface area contributed by atoms with Crippen LogP contribution in [0.2, 0.25) is 5.28 Å². The molecule has 2 unspecified atom stereocenters. The molecular formula is C30H27Br2ClN8O11S3. The molecular weight excluding hydrogens is 940 g/mol. The van der Waals surface area contributed by atoms with Crippen molar-refractivity contribution in [1.29, 1.82) is 0 Å². The second-order valence-electron chi connectivity index (χ2n) is 11.3. The normalized spacial score (nSPS) is 15.4. The van der Waals surface area contributed by atoms with E-state index in [1.165, 1.54) is 6.07 Å². The van der Waals surface area contributed by atoms with Gasteiger partial charge in [-0.15, -0.1) is 10.2 Å². The van der Waals surface area contributed by atoms with E-state index in [2.05, 4.69) is 67.7 Å². The van der Waals surface area contributed by atoms with Gasteiger partial charge in [-0.25, -0.2) is 0 Å². The van der Waals surface area contributed by atoms with Crippen LogP contribution in [0.1, 0.15) is 13.3 Å². The van der Waals surface area contributed by atoms with Crippen molar-refractivity contribution < 1.29 is 48.8 Å². The Morgan fingerprint density at radius 2 is 1.69 bits per heavy atom. The average Bonchev–Trinajstić information content (AvgIpc) is 3.10. The van der Waals surface area contributed by atoms with Gasteiger partial charge in [0.15, 0.2) is 5.75 Å². The molecule has 25 heteroatoms. The van der Waals surface area contributed by atoms with Crippen molar-refractivity contribution in [1.82, 2.24) is 15.0 Å². The summed E-state index contributed by atoms with van der Waals surface area (Å²) in [4.78, 5) is 23.2. The standard InChI is InChI=1S/C30H27Br2ClN8O11S3/c1-2-41(17-6-4-3-5-7-17)30-37-28(33)36-29(38-30)35-21-13-18(53(44,45)46)10-15-11-23(55(50,51)52)25(26(42)24(15)21)40-39-20-9-8-16(12-22(20)54(47,48)49)34-27(43)19(32)14-31/h3-6,8-13,17,19,42H,2,7,14H2,1H3,(H,34,43)(H,44,45,46)(H,47,48,49)(H,50,51,52)(H,35,36,37,38). The Labute approximate surface area is 335 Å². The number of azo groups is 1. The highest BCUT2D eigenvalue weighted by atomic mass is 79.9. The van der Waals surface area contributed by atoms with Gasteiger partial charge >= 0.3 is 0 Å². The zero-order valence-electron chi connectivity index (χ0n) is 27.7. The number of aromatic nitrogens is 3. The first-order valence-electron chi connectivity index (χ1n) is 15.3. The molecule has 0 radical (unpaired) electrons. The fourth-order valence-corrected chi connectivity index (χ4v) is 7.66. The molecule has 0 bridgehead atoms. The number of hydrogen-bond acceptors (Lipinski definition) is 15. The number of likely N-dealkylation sites (N-methyl/N-ethyl adjacent to an activating group) is 1. The van der Waals surface area contributed by atoms with Crippen molar-refractivity contribution >= 4 is 125 Å². The molecule has 1 heterocycles. The Bertz CT molecular complexity index is 2630. The predicted octanol–water partition coefficient (Wildman–Crippen LogP) is 6.09. The summed E-state index contributed by atoms with van der Waals surface area (Å²) in [5.41, 5.74) is -2.02. The molecule has 1 amide bonds. The summed E-state index contributed by atoms with van der Waals surface area (Å²) in [5.74, 6) is -1.81. The SMILES string of the molecule is CCN(c1nc(Cl)nc(Nc2cc(S(=O)(=O)O)cc3cc(S(=O)(=O)O)c(N=Nc4ccc(NC(=O)C(Br)CBr)cc4S(=O)(=O)O)c(O)c23)n1)C1C=CC=CC1. The van der Waals surface area contributed by atoms with E-state index in [0.29, 0.717) is 19.0 Å². The largest absolute Gasteiger partial charge is 0.505 e. The smallest absolute Gasteiger partial charge is 0.296 e. The Kier molecular flexibility index (Phi) is 12.6. The number of phenols is 1. The lowest BCUT2D eigenvalue weighted by atomic mass is 10.1. The molecule has 0 spiro atoms. The average molecular weight is 967 g/mol. The number of fused-ring (bicyclic) bond motifs is 1. The minimum Gasteiger partial charge on any atom is -0.505 e. The van der Waals surface area contributed by atoms with Crippen LogP contribution in [0.25, 0.3) is 10.8 Å². The van der Waals surface area contributed by atoms with E-state index in [9.17, 15) is 48.8 Å². The molecule has 1 aliphatic carbocycles. The number of benzene rings is 3. The van der Waals surface area contributed by atoms with Crippen molar-refractivity contribution in [2.45, 2.75) is 38.9 Å². The Balaban J connectivity index is 1.69. The number of aromatic hydroxyl groups is 1. The zero-order valence-corrected chi connectivity index (χ0v) is 34.1. The van der Waals surface area contributed by atoms with E-state index in [1.807, 2.05) is 31.2 Å². The molecule has 4 aromatic rings. The van der Waals surface area contributed by atoms with Gasteiger partial charge in [-0.3, -0.25) is 18.5 Å². The number of halogens is 3. The quantitative estimate of drug-likeness (QED) is 0.0502. The molecule has 55 heavy (non-hydrogen) atoms. The predicted molar refractivity (Wildman–Crippen MR) is 209 cm³/mol. The van der Waals surface area contributed by atoms with Crippen LogP contribution in [0.15, 0.2) is 85.6 Å². The van der Waals surface area contributed by atoms with Gasteiger partial charge in [-0.1, -0.05) is 56.2 Å². The third-order valence-electron chi connectivity index (χ3n) is 7.68. The van der Waals surface area contributed by atoms with Crippen molar-refractivity contribution in [3.63, 3.8) is 0 Å². The highest BCUT2D eigenvalue weighted by Crippen LogP contribution is 2.46. The highest BCUT2D eigenvalue weighted by Gasteiger charge is 2.27. The first-order chi connectivity index (χ1) is 25.7. The summed E-state index contributed by atoms with van der Waals surface area (Å²) in [6.45, 7) is 2.26. The first-order valence-corrected chi connectivity index (χ1v) is 22.1. The Morgan fingerprint density at radius 3 is 2.29 bits per heavy atom.